The van der Waals surface area contributed by atoms with Crippen LogP contribution in [0.1, 0.15) is 37.7 Å². The molecule has 0 aliphatic heterocycles. The number of thiocarbonyl (C=S) groups is 1. The number of nitrogens with zero attached hydrogens (tertiary/aromatic N) is 1. The molecule has 1 fully saturated rings. The van der Waals surface area contributed by atoms with Crippen LogP contribution < -0.4 is 10.7 Å². The van der Waals surface area contributed by atoms with Crippen molar-refractivity contribution in [1.29, 1.82) is 0 Å². The molecule has 0 atom stereocenters. The molecular formula is C22H22ClN3S. The minimum atomic E-state index is 0.464. The molecule has 3 nitrogen and oxygen atoms in total. The molecule has 0 radical (unpaired) electrons. The Balaban J connectivity index is 1.61. The first-order valence-corrected chi connectivity index (χ1v) is 10.2. The zero-order chi connectivity index (χ0) is 18.6. The predicted molar refractivity (Wildman–Crippen MR) is 120 cm³/mol. The minimum Gasteiger partial charge on any atom is -0.359 e. The molecule has 0 aromatic heterocycles. The zero-order valence-electron chi connectivity index (χ0n) is 15.0. The molecule has 5 heteroatoms. The standard InChI is InChI=1S/C22H22ClN3S/c23-21-18-12-6-4-10-16(18)20(17-11-5-7-13-19(17)21)14-24-26-22(27)25-15-8-2-1-3-9-15/h4-7,10-15H,1-3,8-9H2,(H2,25,26,27)/b24-14+. The van der Waals surface area contributed by atoms with Crippen molar-refractivity contribution in [2.45, 2.75) is 38.1 Å². The Morgan fingerprint density at radius 2 is 1.48 bits per heavy atom. The van der Waals surface area contributed by atoms with Crippen LogP contribution in [-0.4, -0.2) is 17.4 Å². The van der Waals surface area contributed by atoms with Gasteiger partial charge in [0, 0.05) is 22.4 Å². The van der Waals surface area contributed by atoms with E-state index in [-0.39, 0.29) is 0 Å². The van der Waals surface area contributed by atoms with Gasteiger partial charge in [-0.1, -0.05) is 79.4 Å². The lowest BCUT2D eigenvalue weighted by Crippen LogP contribution is -2.40. The van der Waals surface area contributed by atoms with Gasteiger partial charge < -0.3 is 5.32 Å². The van der Waals surface area contributed by atoms with Crippen molar-refractivity contribution in [1.82, 2.24) is 10.7 Å². The molecule has 0 unspecified atom stereocenters. The summed E-state index contributed by atoms with van der Waals surface area (Å²) in [6.45, 7) is 0. The lowest BCUT2D eigenvalue weighted by molar-refractivity contribution is 0.412. The summed E-state index contributed by atoms with van der Waals surface area (Å²) in [6.07, 6.45) is 8.07. The van der Waals surface area contributed by atoms with Crippen molar-refractivity contribution in [3.63, 3.8) is 0 Å². The fourth-order valence-electron chi connectivity index (χ4n) is 3.87. The van der Waals surface area contributed by atoms with Gasteiger partial charge in [-0.15, -0.1) is 0 Å². The van der Waals surface area contributed by atoms with E-state index >= 15 is 0 Å². The number of hydrogen-bond donors (Lipinski definition) is 2. The summed E-state index contributed by atoms with van der Waals surface area (Å²) in [5.41, 5.74) is 4.02. The monoisotopic (exact) mass is 395 g/mol. The molecule has 1 aliphatic rings. The van der Waals surface area contributed by atoms with E-state index in [9.17, 15) is 0 Å². The van der Waals surface area contributed by atoms with E-state index in [4.69, 9.17) is 23.8 Å². The second-order valence-corrected chi connectivity index (χ2v) is 7.78. The summed E-state index contributed by atoms with van der Waals surface area (Å²) in [5, 5.41) is 13.4. The van der Waals surface area contributed by atoms with E-state index < -0.39 is 0 Å². The molecule has 0 saturated heterocycles. The van der Waals surface area contributed by atoms with E-state index in [0.29, 0.717) is 11.2 Å². The zero-order valence-corrected chi connectivity index (χ0v) is 16.6. The number of fused-ring (bicyclic) bond motifs is 2. The molecule has 0 bridgehead atoms. The average molecular weight is 396 g/mol. The number of rotatable bonds is 3. The number of hydrogen-bond acceptors (Lipinski definition) is 2. The maximum Gasteiger partial charge on any atom is 0.187 e. The quantitative estimate of drug-likeness (QED) is 0.255. The third kappa shape index (κ3) is 3.92. The first-order chi connectivity index (χ1) is 13.2. The van der Waals surface area contributed by atoms with E-state index in [2.05, 4.69) is 28.0 Å². The van der Waals surface area contributed by atoms with Crippen molar-refractivity contribution < 1.29 is 0 Å². The van der Waals surface area contributed by atoms with Gasteiger partial charge in [0.25, 0.3) is 0 Å². The molecule has 2 N–H and O–H groups in total. The fraction of sp³-hybridized carbons (Fsp3) is 0.273. The van der Waals surface area contributed by atoms with Crippen LogP contribution in [0.15, 0.2) is 53.6 Å². The summed E-state index contributed by atoms with van der Waals surface area (Å²) >= 11 is 12.1. The number of hydrazone groups is 1. The first kappa shape index (κ1) is 18.2. The molecule has 0 spiro atoms. The van der Waals surface area contributed by atoms with Crippen LogP contribution in [-0.2, 0) is 0 Å². The molecule has 0 amide bonds. The van der Waals surface area contributed by atoms with Crippen LogP contribution in [0.25, 0.3) is 21.5 Å². The van der Waals surface area contributed by atoms with Gasteiger partial charge in [0.2, 0.25) is 0 Å². The minimum absolute atomic E-state index is 0.464. The van der Waals surface area contributed by atoms with Gasteiger partial charge in [-0.25, -0.2) is 0 Å². The van der Waals surface area contributed by atoms with Crippen LogP contribution in [0.2, 0.25) is 5.02 Å². The van der Waals surface area contributed by atoms with Crippen molar-refractivity contribution >= 4 is 56.7 Å². The highest BCUT2D eigenvalue weighted by Crippen LogP contribution is 2.35. The van der Waals surface area contributed by atoms with Crippen LogP contribution in [0.3, 0.4) is 0 Å². The second-order valence-electron chi connectivity index (χ2n) is 7.00. The second kappa shape index (κ2) is 8.24. The maximum atomic E-state index is 6.65. The number of benzene rings is 3. The van der Waals surface area contributed by atoms with E-state index in [1.807, 2.05) is 42.6 Å². The first-order valence-electron chi connectivity index (χ1n) is 9.42. The summed E-state index contributed by atoms with van der Waals surface area (Å²) in [7, 11) is 0. The summed E-state index contributed by atoms with van der Waals surface area (Å²) in [5.74, 6) is 0. The Morgan fingerprint density at radius 3 is 2.07 bits per heavy atom. The lowest BCUT2D eigenvalue weighted by Gasteiger charge is -2.23. The molecule has 138 valence electrons. The SMILES string of the molecule is S=C(N/N=C/c1c2ccccc2c(Cl)c2ccccc12)NC1CCCCC1. The molecule has 4 rings (SSSR count). The van der Waals surface area contributed by atoms with Gasteiger partial charge in [-0.3, -0.25) is 5.43 Å². The normalized spacial score (nSPS) is 15.4. The highest BCUT2D eigenvalue weighted by molar-refractivity contribution is 7.80. The largest absolute Gasteiger partial charge is 0.359 e. The van der Waals surface area contributed by atoms with Crippen molar-refractivity contribution in [2.75, 3.05) is 0 Å². The van der Waals surface area contributed by atoms with Gasteiger partial charge in [0.05, 0.1) is 11.2 Å². The average Bonchev–Trinajstić information content (AvgIpc) is 2.71. The predicted octanol–water partition coefficient (Wildman–Crippen LogP) is 5.78. The summed E-state index contributed by atoms with van der Waals surface area (Å²) in [4.78, 5) is 0. The highest BCUT2D eigenvalue weighted by atomic mass is 35.5. The Morgan fingerprint density at radius 1 is 0.926 bits per heavy atom. The third-order valence-electron chi connectivity index (χ3n) is 5.21. The van der Waals surface area contributed by atoms with Crippen molar-refractivity contribution in [3.05, 3.63) is 59.1 Å². The van der Waals surface area contributed by atoms with Crippen LogP contribution in [0.5, 0.6) is 0 Å². The van der Waals surface area contributed by atoms with Gasteiger partial charge >= 0.3 is 0 Å². The van der Waals surface area contributed by atoms with Gasteiger partial charge in [0.1, 0.15) is 0 Å². The summed E-state index contributed by atoms with van der Waals surface area (Å²) < 4.78 is 0. The molecule has 3 aromatic carbocycles. The molecule has 27 heavy (non-hydrogen) atoms. The van der Waals surface area contributed by atoms with Crippen LogP contribution >= 0.6 is 23.8 Å². The third-order valence-corrected chi connectivity index (χ3v) is 5.82. The Kier molecular flexibility index (Phi) is 5.55. The van der Waals surface area contributed by atoms with Gasteiger partial charge in [-0.05, 0) is 35.8 Å². The smallest absolute Gasteiger partial charge is 0.187 e. The Hall–Kier alpha value is -2.17. The molecule has 1 aliphatic carbocycles. The van der Waals surface area contributed by atoms with Crippen molar-refractivity contribution in [3.8, 4) is 0 Å². The lowest BCUT2D eigenvalue weighted by atomic mass is 9.96. The number of halogens is 1. The topological polar surface area (TPSA) is 36.4 Å². The van der Waals surface area contributed by atoms with Crippen molar-refractivity contribution in [2.24, 2.45) is 5.10 Å². The van der Waals surface area contributed by atoms with Crippen LogP contribution in [0.4, 0.5) is 0 Å². The molecule has 1 saturated carbocycles. The van der Waals surface area contributed by atoms with E-state index in [1.54, 1.807) is 0 Å². The van der Waals surface area contributed by atoms with Crippen LogP contribution in [0, 0.1) is 0 Å². The molecular weight excluding hydrogens is 374 g/mol. The Bertz CT molecular complexity index is 952. The molecule has 3 aromatic rings. The maximum absolute atomic E-state index is 6.65. The fourth-order valence-corrected chi connectivity index (χ4v) is 4.42. The highest BCUT2D eigenvalue weighted by Gasteiger charge is 2.14. The van der Waals surface area contributed by atoms with E-state index in [1.165, 1.54) is 32.1 Å². The van der Waals surface area contributed by atoms with E-state index in [0.717, 1.165) is 32.1 Å². The summed E-state index contributed by atoms with van der Waals surface area (Å²) in [6, 6.07) is 16.8. The molecule has 0 heterocycles. The van der Waals surface area contributed by atoms with Gasteiger partial charge in [-0.2, -0.15) is 5.10 Å². The Labute approximate surface area is 169 Å². The van der Waals surface area contributed by atoms with Gasteiger partial charge in [0.15, 0.2) is 5.11 Å². The number of nitrogens with one attached hydrogen (secondary N) is 2.